The van der Waals surface area contributed by atoms with E-state index in [0.717, 1.165) is 10.5 Å². The van der Waals surface area contributed by atoms with Crippen LogP contribution in [0.15, 0.2) is 58.9 Å². The standard InChI is InChI=1S/C21H19N5O4/c1-12-3-9-16(10-4-12)26-20(29)18-19(21(26)30)25(24-23-18)11-17(28)22-15-7-5-14(6-8-15)13(2)27/h3-10,18-19H,11H2,1-2H3,(H,22,28)/t18-,19+/m0/s1. The summed E-state index contributed by atoms with van der Waals surface area (Å²) in [5, 5.41) is 11.7. The normalized spacial score (nSPS) is 19.9. The second-order valence-electron chi connectivity index (χ2n) is 7.22. The van der Waals surface area contributed by atoms with Crippen LogP contribution >= 0.6 is 0 Å². The zero-order valence-corrected chi connectivity index (χ0v) is 16.4. The number of anilines is 2. The van der Waals surface area contributed by atoms with Crippen LogP contribution in [0.1, 0.15) is 22.8 Å². The summed E-state index contributed by atoms with van der Waals surface area (Å²) in [6.45, 7) is 3.14. The van der Waals surface area contributed by atoms with Crippen molar-refractivity contribution in [3.05, 3.63) is 59.7 Å². The summed E-state index contributed by atoms with van der Waals surface area (Å²) in [6, 6.07) is 11.6. The van der Waals surface area contributed by atoms with E-state index in [9.17, 15) is 19.2 Å². The maximum Gasteiger partial charge on any atom is 0.263 e. The van der Waals surface area contributed by atoms with Gasteiger partial charge in [0.05, 0.1) is 5.69 Å². The van der Waals surface area contributed by atoms with Gasteiger partial charge in [-0.25, -0.2) is 4.90 Å². The molecule has 152 valence electrons. The number of carbonyl (C=O) groups is 4. The van der Waals surface area contributed by atoms with Crippen molar-refractivity contribution in [2.75, 3.05) is 16.8 Å². The molecule has 2 aromatic carbocycles. The molecule has 0 aromatic heterocycles. The van der Waals surface area contributed by atoms with Crippen LogP contribution in [0.5, 0.6) is 0 Å². The van der Waals surface area contributed by atoms with Crippen LogP contribution < -0.4 is 10.2 Å². The Morgan fingerprint density at radius 3 is 2.30 bits per heavy atom. The molecule has 0 radical (unpaired) electrons. The zero-order chi connectivity index (χ0) is 21.4. The van der Waals surface area contributed by atoms with Crippen molar-refractivity contribution in [2.45, 2.75) is 25.9 Å². The first kappa shape index (κ1) is 19.4. The van der Waals surface area contributed by atoms with Crippen molar-refractivity contribution in [3.8, 4) is 0 Å². The predicted molar refractivity (Wildman–Crippen MR) is 108 cm³/mol. The second kappa shape index (κ2) is 7.51. The first-order chi connectivity index (χ1) is 14.3. The minimum Gasteiger partial charge on any atom is -0.324 e. The molecular weight excluding hydrogens is 386 g/mol. The van der Waals surface area contributed by atoms with Gasteiger partial charge in [0.2, 0.25) is 5.91 Å². The number of carbonyl (C=O) groups excluding carboxylic acids is 4. The molecule has 2 heterocycles. The molecular formula is C21H19N5O4. The number of nitrogens with one attached hydrogen (secondary N) is 1. The highest BCUT2D eigenvalue weighted by molar-refractivity contribution is 6.25. The van der Waals surface area contributed by atoms with Crippen LogP contribution in [-0.4, -0.2) is 47.1 Å². The largest absolute Gasteiger partial charge is 0.324 e. The molecule has 2 aliphatic rings. The van der Waals surface area contributed by atoms with Gasteiger partial charge in [-0.05, 0) is 50.2 Å². The summed E-state index contributed by atoms with van der Waals surface area (Å²) in [6.07, 6.45) is 0. The fourth-order valence-electron chi connectivity index (χ4n) is 3.44. The Morgan fingerprint density at radius 1 is 1.00 bits per heavy atom. The SMILES string of the molecule is CC(=O)c1ccc(NC(=O)CN2N=N[C@@H]3C(=O)N(c4ccc(C)cc4)C(=O)[C@@H]32)cc1. The van der Waals surface area contributed by atoms with Gasteiger partial charge in [0.25, 0.3) is 11.8 Å². The molecule has 0 unspecified atom stereocenters. The van der Waals surface area contributed by atoms with Crippen LogP contribution in [-0.2, 0) is 14.4 Å². The van der Waals surface area contributed by atoms with Crippen molar-refractivity contribution in [1.82, 2.24) is 5.01 Å². The molecule has 2 atom stereocenters. The summed E-state index contributed by atoms with van der Waals surface area (Å²) in [7, 11) is 0. The quantitative estimate of drug-likeness (QED) is 0.605. The molecule has 0 spiro atoms. The number of nitrogens with zero attached hydrogens (tertiary/aromatic N) is 4. The molecule has 0 saturated carbocycles. The van der Waals surface area contributed by atoms with Crippen molar-refractivity contribution < 1.29 is 19.2 Å². The highest BCUT2D eigenvalue weighted by atomic mass is 16.2. The number of amides is 3. The van der Waals surface area contributed by atoms with Crippen molar-refractivity contribution in [2.24, 2.45) is 10.3 Å². The number of Topliss-reactive ketones (excluding diaryl/α,β-unsaturated/α-hetero) is 1. The average Bonchev–Trinajstić information content (AvgIpc) is 3.23. The molecule has 9 nitrogen and oxygen atoms in total. The summed E-state index contributed by atoms with van der Waals surface area (Å²) < 4.78 is 0. The number of benzene rings is 2. The van der Waals surface area contributed by atoms with Crippen molar-refractivity contribution in [1.29, 1.82) is 0 Å². The Morgan fingerprint density at radius 2 is 1.67 bits per heavy atom. The van der Waals surface area contributed by atoms with E-state index in [2.05, 4.69) is 15.7 Å². The smallest absolute Gasteiger partial charge is 0.263 e. The number of hydrogen-bond donors (Lipinski definition) is 1. The lowest BCUT2D eigenvalue weighted by Crippen LogP contribution is -2.43. The molecule has 1 fully saturated rings. The third-order valence-electron chi connectivity index (χ3n) is 5.03. The Hall–Kier alpha value is -3.88. The minimum absolute atomic E-state index is 0.0704. The van der Waals surface area contributed by atoms with Crippen LogP contribution in [0.3, 0.4) is 0 Å². The first-order valence-corrected chi connectivity index (χ1v) is 9.38. The number of fused-ring (bicyclic) bond motifs is 1. The van der Waals surface area contributed by atoms with Crippen LogP contribution in [0.2, 0.25) is 0 Å². The van der Waals surface area contributed by atoms with E-state index in [1.807, 2.05) is 19.1 Å². The average molecular weight is 405 g/mol. The molecule has 2 aromatic rings. The van der Waals surface area contributed by atoms with Gasteiger partial charge >= 0.3 is 0 Å². The third-order valence-corrected chi connectivity index (χ3v) is 5.03. The lowest BCUT2D eigenvalue weighted by atomic mass is 10.1. The predicted octanol–water partition coefficient (Wildman–Crippen LogP) is 2.13. The molecule has 2 aliphatic heterocycles. The lowest BCUT2D eigenvalue weighted by molar-refractivity contribution is -0.123. The molecule has 4 rings (SSSR count). The van der Waals surface area contributed by atoms with Gasteiger partial charge in [-0.3, -0.25) is 24.2 Å². The highest BCUT2D eigenvalue weighted by Crippen LogP contribution is 2.31. The molecule has 0 bridgehead atoms. The van der Waals surface area contributed by atoms with E-state index < -0.39 is 29.8 Å². The lowest BCUT2D eigenvalue weighted by Gasteiger charge is -2.20. The fourth-order valence-corrected chi connectivity index (χ4v) is 3.44. The summed E-state index contributed by atoms with van der Waals surface area (Å²) in [5.74, 6) is -1.41. The molecule has 9 heteroatoms. The molecule has 1 saturated heterocycles. The molecule has 3 amide bonds. The van der Waals surface area contributed by atoms with Gasteiger partial charge < -0.3 is 5.32 Å². The van der Waals surface area contributed by atoms with E-state index in [-0.39, 0.29) is 12.3 Å². The highest BCUT2D eigenvalue weighted by Gasteiger charge is 2.55. The second-order valence-corrected chi connectivity index (χ2v) is 7.22. The molecule has 0 aliphatic carbocycles. The van der Waals surface area contributed by atoms with Gasteiger partial charge in [-0.1, -0.05) is 22.9 Å². The van der Waals surface area contributed by atoms with Crippen LogP contribution in [0.4, 0.5) is 11.4 Å². The Balaban J connectivity index is 1.45. The topological polar surface area (TPSA) is 112 Å². The van der Waals surface area contributed by atoms with E-state index in [0.29, 0.717) is 16.9 Å². The maximum atomic E-state index is 12.9. The van der Waals surface area contributed by atoms with Gasteiger partial charge in [0, 0.05) is 11.3 Å². The number of imide groups is 1. The third kappa shape index (κ3) is 3.45. The fraction of sp³-hybridized carbons (Fsp3) is 0.238. The zero-order valence-electron chi connectivity index (χ0n) is 16.4. The number of aryl methyl sites for hydroxylation is 1. The summed E-state index contributed by atoms with van der Waals surface area (Å²) in [4.78, 5) is 50.5. The van der Waals surface area contributed by atoms with Crippen LogP contribution in [0, 0.1) is 6.92 Å². The van der Waals surface area contributed by atoms with E-state index in [1.165, 1.54) is 11.9 Å². The summed E-state index contributed by atoms with van der Waals surface area (Å²) in [5.41, 5.74) is 2.52. The minimum atomic E-state index is -0.957. The van der Waals surface area contributed by atoms with Crippen molar-refractivity contribution >= 4 is 34.9 Å². The Kier molecular flexibility index (Phi) is 4.86. The van der Waals surface area contributed by atoms with Crippen molar-refractivity contribution in [3.63, 3.8) is 0 Å². The maximum absolute atomic E-state index is 12.9. The van der Waals surface area contributed by atoms with Gasteiger partial charge in [0.15, 0.2) is 17.9 Å². The molecule has 30 heavy (non-hydrogen) atoms. The van der Waals surface area contributed by atoms with E-state index in [4.69, 9.17) is 0 Å². The van der Waals surface area contributed by atoms with E-state index in [1.54, 1.807) is 36.4 Å². The number of hydrogen-bond acceptors (Lipinski definition) is 7. The van der Waals surface area contributed by atoms with E-state index >= 15 is 0 Å². The molecule has 1 N–H and O–H groups in total. The summed E-state index contributed by atoms with van der Waals surface area (Å²) >= 11 is 0. The number of ketones is 1. The van der Waals surface area contributed by atoms with Gasteiger partial charge in [-0.15, -0.1) is 0 Å². The monoisotopic (exact) mass is 405 g/mol. The van der Waals surface area contributed by atoms with Gasteiger partial charge in [0.1, 0.15) is 6.54 Å². The Labute approximate surface area is 172 Å². The number of rotatable bonds is 5. The first-order valence-electron chi connectivity index (χ1n) is 9.38. The van der Waals surface area contributed by atoms with Gasteiger partial charge in [-0.2, -0.15) is 5.11 Å². The Bertz CT molecular complexity index is 1060. The van der Waals surface area contributed by atoms with Crippen LogP contribution in [0.25, 0.3) is 0 Å².